The first-order chi connectivity index (χ1) is 21.2. The Hall–Kier alpha value is -4.22. The Kier molecular flexibility index (Phi) is 9.65. The quantitative estimate of drug-likeness (QED) is 0.339. The van der Waals surface area contributed by atoms with E-state index in [1.165, 1.54) is 12.5 Å². The lowest BCUT2D eigenvalue weighted by Gasteiger charge is -2.31. The van der Waals surface area contributed by atoms with Crippen LogP contribution in [0.3, 0.4) is 0 Å². The smallest absolute Gasteiger partial charge is 0.332 e. The van der Waals surface area contributed by atoms with Gasteiger partial charge >= 0.3 is 5.69 Å². The van der Waals surface area contributed by atoms with Crippen molar-refractivity contribution in [3.05, 3.63) is 81.3 Å². The third-order valence-corrected chi connectivity index (χ3v) is 8.29. The van der Waals surface area contributed by atoms with E-state index in [0.717, 1.165) is 54.8 Å². The fraction of sp³-hybridized carbons (Fsp3) is 0.455. The molecule has 2 aliphatic rings. The molecule has 0 radical (unpaired) electrons. The molecule has 4 heterocycles. The maximum atomic E-state index is 14.0. The van der Waals surface area contributed by atoms with E-state index in [2.05, 4.69) is 4.98 Å². The van der Waals surface area contributed by atoms with E-state index >= 15 is 0 Å². The van der Waals surface area contributed by atoms with Crippen molar-refractivity contribution in [1.29, 1.82) is 0 Å². The fourth-order valence-corrected chi connectivity index (χ4v) is 5.81. The molecular formula is C33H40N4O7. The van der Waals surface area contributed by atoms with E-state index < -0.39 is 16.8 Å². The van der Waals surface area contributed by atoms with Gasteiger partial charge in [0.25, 0.3) is 5.56 Å². The number of nitrogens with zero attached hydrogens (tertiary/aromatic N) is 4. The fourth-order valence-electron chi connectivity index (χ4n) is 5.81. The second kappa shape index (κ2) is 13.6. The molecule has 2 aromatic carbocycles. The van der Waals surface area contributed by atoms with Crippen LogP contribution in [0.2, 0.25) is 0 Å². The van der Waals surface area contributed by atoms with Gasteiger partial charge in [-0.15, -0.1) is 0 Å². The van der Waals surface area contributed by atoms with Crippen molar-refractivity contribution in [2.24, 2.45) is 0 Å². The van der Waals surface area contributed by atoms with Crippen LogP contribution in [0.1, 0.15) is 45.1 Å². The molecule has 234 valence electrons. The van der Waals surface area contributed by atoms with Gasteiger partial charge < -0.3 is 23.9 Å². The van der Waals surface area contributed by atoms with Crippen LogP contribution in [0.4, 0.5) is 0 Å². The topological polar surface area (TPSA) is 129 Å². The van der Waals surface area contributed by atoms with Crippen LogP contribution in [0.25, 0.3) is 22.4 Å². The minimum atomic E-state index is -1.36. The van der Waals surface area contributed by atoms with Crippen molar-refractivity contribution in [3.63, 3.8) is 0 Å². The molecule has 11 heteroatoms. The van der Waals surface area contributed by atoms with Gasteiger partial charge in [0.2, 0.25) is 11.8 Å². The summed E-state index contributed by atoms with van der Waals surface area (Å²) in [6.07, 6.45) is 6.87. The highest BCUT2D eigenvalue weighted by Gasteiger charge is 2.38. The summed E-state index contributed by atoms with van der Waals surface area (Å²) < 4.78 is 18.6. The number of aliphatic hydroxyl groups is 1. The predicted octanol–water partition coefficient (Wildman–Crippen LogP) is 3.58. The van der Waals surface area contributed by atoms with Crippen molar-refractivity contribution in [3.8, 4) is 17.2 Å². The number of hydrogen-bond donors (Lipinski definition) is 1. The summed E-state index contributed by atoms with van der Waals surface area (Å²) in [6, 6.07) is 12.8. The van der Waals surface area contributed by atoms with Crippen molar-refractivity contribution in [2.75, 3.05) is 33.4 Å². The van der Waals surface area contributed by atoms with Crippen molar-refractivity contribution in [2.45, 2.75) is 64.1 Å². The highest BCUT2D eigenvalue weighted by Crippen LogP contribution is 2.25. The Morgan fingerprint density at radius 1 is 1.09 bits per heavy atom. The number of aryl methyl sites for hydroxylation is 2. The zero-order valence-electron chi connectivity index (χ0n) is 25.5. The summed E-state index contributed by atoms with van der Waals surface area (Å²) in [5.74, 6) is 0.861. The monoisotopic (exact) mass is 604 g/mol. The summed E-state index contributed by atoms with van der Waals surface area (Å²) in [5.41, 5.74) is -0.363. The van der Waals surface area contributed by atoms with Gasteiger partial charge in [-0.25, -0.2) is 14.3 Å². The van der Waals surface area contributed by atoms with Crippen LogP contribution in [0, 0.1) is 0 Å². The molecule has 0 unspecified atom stereocenters. The van der Waals surface area contributed by atoms with Crippen LogP contribution >= 0.6 is 0 Å². The molecule has 0 spiro atoms. The van der Waals surface area contributed by atoms with Crippen molar-refractivity contribution in [1.82, 2.24) is 19.0 Å². The summed E-state index contributed by atoms with van der Waals surface area (Å²) in [6.45, 7) is 6.31. The van der Waals surface area contributed by atoms with Gasteiger partial charge in [-0.1, -0.05) is 18.2 Å². The Bertz CT molecular complexity index is 1700. The number of carbonyl (C=O) groups excluding carboxylic acids is 1. The number of ether oxygens (including phenoxy) is 2. The highest BCUT2D eigenvalue weighted by molar-refractivity contribution is 5.86. The Morgan fingerprint density at radius 3 is 2.45 bits per heavy atom. The molecule has 0 atom stereocenters. The van der Waals surface area contributed by atoms with E-state index in [9.17, 15) is 14.4 Å². The van der Waals surface area contributed by atoms with Crippen LogP contribution in [0.15, 0.2) is 68.9 Å². The van der Waals surface area contributed by atoms with Gasteiger partial charge in [-0.3, -0.25) is 14.2 Å². The summed E-state index contributed by atoms with van der Waals surface area (Å²) in [5, 5.41) is 9.15. The number of aromatic nitrogens is 3. The van der Waals surface area contributed by atoms with Crippen molar-refractivity contribution >= 4 is 16.8 Å². The SMILES string of the molecule is COc1ccccc1CCn1c(=O)n(C(C)(C)C(=O)N2CCCC2)c(=O)c2cc(-c3ncco3)ccc21.OC1CCOCC1. The number of oxazole rings is 1. The van der Waals surface area contributed by atoms with E-state index in [1.54, 1.807) is 48.6 Å². The van der Waals surface area contributed by atoms with Gasteiger partial charge in [-0.2, -0.15) is 0 Å². The number of fused-ring (bicyclic) bond motifs is 1. The van der Waals surface area contributed by atoms with Crippen LogP contribution in [-0.2, 0) is 28.0 Å². The molecule has 4 aromatic rings. The number of rotatable bonds is 7. The second-order valence-corrected chi connectivity index (χ2v) is 11.6. The van der Waals surface area contributed by atoms with Crippen molar-refractivity contribution < 1.29 is 23.8 Å². The number of hydrogen-bond acceptors (Lipinski definition) is 8. The Morgan fingerprint density at radius 2 is 1.82 bits per heavy atom. The molecule has 2 aliphatic heterocycles. The van der Waals surface area contributed by atoms with E-state index in [-0.39, 0.29) is 12.0 Å². The summed E-state index contributed by atoms with van der Waals surface area (Å²) >= 11 is 0. The van der Waals surface area contributed by atoms with E-state index in [1.807, 2.05) is 24.3 Å². The van der Waals surface area contributed by atoms with Gasteiger partial charge in [0, 0.05) is 38.4 Å². The molecule has 2 fully saturated rings. The third-order valence-electron chi connectivity index (χ3n) is 8.29. The molecule has 44 heavy (non-hydrogen) atoms. The molecule has 2 saturated heterocycles. The minimum Gasteiger partial charge on any atom is -0.496 e. The van der Waals surface area contributed by atoms with E-state index in [4.69, 9.17) is 19.0 Å². The largest absolute Gasteiger partial charge is 0.496 e. The maximum absolute atomic E-state index is 14.0. The average molecular weight is 605 g/mol. The molecule has 1 N–H and O–H groups in total. The molecule has 1 amide bonds. The van der Waals surface area contributed by atoms with Gasteiger partial charge in [0.15, 0.2) is 0 Å². The maximum Gasteiger partial charge on any atom is 0.332 e. The first-order valence-corrected chi connectivity index (χ1v) is 15.1. The zero-order chi connectivity index (χ0) is 31.3. The molecule has 0 bridgehead atoms. The van der Waals surface area contributed by atoms with Crippen LogP contribution in [-0.4, -0.2) is 69.5 Å². The Labute approximate surface area is 255 Å². The lowest BCUT2D eigenvalue weighted by atomic mass is 10.0. The molecule has 6 rings (SSSR count). The van der Waals surface area contributed by atoms with Crippen LogP contribution in [0.5, 0.6) is 5.75 Å². The molecule has 2 aromatic heterocycles. The van der Waals surface area contributed by atoms with Gasteiger partial charge in [0.1, 0.15) is 17.6 Å². The third kappa shape index (κ3) is 6.48. The van der Waals surface area contributed by atoms with Gasteiger partial charge in [0.05, 0.1) is 30.3 Å². The second-order valence-electron chi connectivity index (χ2n) is 11.6. The molecule has 0 aliphatic carbocycles. The number of likely N-dealkylation sites (tertiary alicyclic amines) is 1. The van der Waals surface area contributed by atoms with E-state index in [0.29, 0.717) is 48.4 Å². The van der Waals surface area contributed by atoms with Crippen LogP contribution < -0.4 is 16.0 Å². The first-order valence-electron chi connectivity index (χ1n) is 15.1. The minimum absolute atomic E-state index is 0.0891. The predicted molar refractivity (Wildman–Crippen MR) is 166 cm³/mol. The molecular weight excluding hydrogens is 564 g/mol. The number of methoxy groups -OCH3 is 1. The average Bonchev–Trinajstić information content (AvgIpc) is 3.77. The number of benzene rings is 2. The number of para-hydroxylation sites is 1. The lowest BCUT2D eigenvalue weighted by Crippen LogP contribution is -2.56. The zero-order valence-corrected chi connectivity index (χ0v) is 25.5. The first kappa shape index (κ1) is 31.2. The lowest BCUT2D eigenvalue weighted by molar-refractivity contribution is -0.138. The highest BCUT2D eigenvalue weighted by atomic mass is 16.5. The molecule has 11 nitrogen and oxygen atoms in total. The van der Waals surface area contributed by atoms with Gasteiger partial charge in [-0.05, 0) is 75.8 Å². The number of aliphatic hydroxyl groups excluding tert-OH is 1. The summed E-state index contributed by atoms with van der Waals surface area (Å²) in [4.78, 5) is 47.3. The summed E-state index contributed by atoms with van der Waals surface area (Å²) in [7, 11) is 1.61. The normalized spacial score (nSPS) is 15.7. The Balaban J connectivity index is 0.000000484. The molecule has 0 saturated carbocycles. The standard InChI is InChI=1S/C28H30N4O5.C5H10O2/c1-28(2,26(34)30-14-6-7-15-30)32-25(33)21-18-20(24-29-13-17-37-24)10-11-22(21)31(27(32)35)16-12-19-8-4-5-9-23(19)36-3;6-5-1-3-7-4-2-5/h4-5,8-11,13,17-18H,6-7,12,14-16H2,1-3H3;5-6H,1-4H2. The number of carbonyl (C=O) groups is 1. The number of amides is 1.